The van der Waals surface area contributed by atoms with Crippen LogP contribution in [-0.2, 0) is 23.9 Å². The molecule has 0 bridgehead atoms. The molecule has 0 saturated heterocycles. The van der Waals surface area contributed by atoms with E-state index >= 15 is 0 Å². The van der Waals surface area contributed by atoms with Crippen molar-refractivity contribution in [2.45, 2.75) is 70.9 Å². The predicted octanol–water partition coefficient (Wildman–Crippen LogP) is 1.07. The summed E-state index contributed by atoms with van der Waals surface area (Å²) >= 11 is 0. The lowest BCUT2D eigenvalue weighted by Crippen LogP contribution is -2.66. The Morgan fingerprint density at radius 2 is 1.78 bits per heavy atom. The van der Waals surface area contributed by atoms with Crippen LogP contribution in [0.25, 0.3) is 0 Å². The van der Waals surface area contributed by atoms with Crippen molar-refractivity contribution >= 4 is 17.7 Å². The zero-order chi connectivity index (χ0) is 24.0. The molecule has 8 heteroatoms. The predicted molar refractivity (Wildman–Crippen MR) is 112 cm³/mol. The second-order valence-electron chi connectivity index (χ2n) is 10.6. The number of carbonyl (C=O) groups excluding carboxylic acids is 3. The third kappa shape index (κ3) is 2.57. The van der Waals surface area contributed by atoms with Gasteiger partial charge in [-0.2, -0.15) is 0 Å². The van der Waals surface area contributed by atoms with E-state index in [1.807, 2.05) is 13.8 Å². The number of ether oxygens (including phenoxy) is 2. The number of aliphatic hydroxyl groups excluding tert-OH is 1. The number of rotatable bonds is 3. The molecule has 4 rings (SSSR count). The molecule has 8 nitrogen and oxygen atoms in total. The third-order valence-electron chi connectivity index (χ3n) is 8.56. The van der Waals surface area contributed by atoms with Crippen molar-refractivity contribution in [1.29, 1.82) is 0 Å². The number of hydrogen-bond donors (Lipinski definition) is 3. The average molecular weight is 449 g/mol. The molecule has 0 aromatic carbocycles. The van der Waals surface area contributed by atoms with E-state index in [2.05, 4.69) is 0 Å². The molecule has 0 radical (unpaired) electrons. The summed E-state index contributed by atoms with van der Waals surface area (Å²) in [6.45, 7) is 9.23. The number of carbonyl (C=O) groups is 3. The first kappa shape index (κ1) is 23.1. The summed E-state index contributed by atoms with van der Waals surface area (Å²) in [5.41, 5.74) is -4.69. The molecule has 4 aliphatic rings. The number of Topliss-reactive ketones (excluding diaryl/α,β-unsaturated/α-hetero) is 1. The molecule has 2 saturated carbocycles. The summed E-state index contributed by atoms with van der Waals surface area (Å²) in [7, 11) is 0. The second kappa shape index (κ2) is 6.74. The van der Waals surface area contributed by atoms with Gasteiger partial charge in [-0.15, -0.1) is 0 Å². The maximum atomic E-state index is 13.0. The van der Waals surface area contributed by atoms with E-state index in [1.165, 1.54) is 13.8 Å². The molecular formula is C24H32O8. The van der Waals surface area contributed by atoms with Gasteiger partial charge in [0.25, 0.3) is 0 Å². The van der Waals surface area contributed by atoms with Gasteiger partial charge in [-0.25, -0.2) is 0 Å². The van der Waals surface area contributed by atoms with Crippen molar-refractivity contribution in [3.05, 3.63) is 23.3 Å². The van der Waals surface area contributed by atoms with Gasteiger partial charge >= 0.3 is 11.9 Å². The van der Waals surface area contributed by atoms with Crippen molar-refractivity contribution in [3.8, 4) is 0 Å². The highest BCUT2D eigenvalue weighted by molar-refractivity contribution is 6.04. The summed E-state index contributed by atoms with van der Waals surface area (Å²) in [6.07, 6.45) is 2.23. The van der Waals surface area contributed by atoms with E-state index in [4.69, 9.17) is 9.47 Å². The molecule has 0 amide bonds. The van der Waals surface area contributed by atoms with E-state index in [0.29, 0.717) is 11.1 Å². The second-order valence-corrected chi connectivity index (χ2v) is 10.6. The molecule has 0 heterocycles. The molecule has 4 aliphatic carbocycles. The largest absolute Gasteiger partial charge is 0.458 e. The van der Waals surface area contributed by atoms with E-state index in [0.717, 1.165) is 0 Å². The fourth-order valence-corrected chi connectivity index (χ4v) is 7.24. The lowest BCUT2D eigenvalue weighted by molar-refractivity contribution is -0.227. The Labute approximate surface area is 187 Å². The van der Waals surface area contributed by atoms with Crippen LogP contribution in [0.15, 0.2) is 23.3 Å². The maximum absolute atomic E-state index is 13.0. The molecule has 0 spiro atoms. The first-order chi connectivity index (χ1) is 14.7. The zero-order valence-electron chi connectivity index (χ0n) is 19.3. The van der Waals surface area contributed by atoms with Crippen LogP contribution in [0, 0.1) is 29.1 Å². The van der Waals surface area contributed by atoms with Crippen molar-refractivity contribution in [2.24, 2.45) is 29.1 Å². The standard InChI is InChI=1S/C24H32O8/c1-11-7-17-22(29,19(11)28)9-15(10-25)8-16-18-21(5,6)24(18,32-14(4)27)20(31-13(3)26)12(2)23(16,17)30/h7-8,12,16-18,20,25,29-30H,9-10H2,1-6H3/t12-,16+,17-,18+,20-,22-,23-,24-/m1/s1. The van der Waals surface area contributed by atoms with Crippen LogP contribution in [0.1, 0.15) is 48.0 Å². The van der Waals surface area contributed by atoms with Crippen LogP contribution >= 0.6 is 0 Å². The fraction of sp³-hybridized carbons (Fsp3) is 0.708. The van der Waals surface area contributed by atoms with Gasteiger partial charge in [0.15, 0.2) is 11.4 Å². The average Bonchev–Trinajstić information content (AvgIpc) is 3.10. The molecule has 0 unspecified atom stereocenters. The normalized spacial score (nSPS) is 46.0. The Hall–Kier alpha value is -2.03. The summed E-state index contributed by atoms with van der Waals surface area (Å²) < 4.78 is 11.6. The van der Waals surface area contributed by atoms with Gasteiger partial charge in [0.2, 0.25) is 0 Å². The topological polar surface area (TPSA) is 130 Å². The molecular weight excluding hydrogens is 416 g/mol. The third-order valence-corrected chi connectivity index (χ3v) is 8.56. The number of esters is 2. The SMILES string of the molecule is CC(=O)O[C@@H]1[C@@H](C)[C@@]2(O)[C@@H](C=C(CO)C[C@]3(O)C(=O)C(C)=C[C@@H]23)[C@H]2C(C)(C)[C@]12OC(C)=O. The van der Waals surface area contributed by atoms with Gasteiger partial charge in [-0.05, 0) is 18.1 Å². The molecule has 0 aromatic heterocycles. The van der Waals surface area contributed by atoms with Gasteiger partial charge in [-0.1, -0.05) is 32.9 Å². The number of hydrogen-bond acceptors (Lipinski definition) is 8. The minimum absolute atomic E-state index is 0.113. The Morgan fingerprint density at radius 3 is 2.31 bits per heavy atom. The Kier molecular flexibility index (Phi) is 4.88. The number of aliphatic hydroxyl groups is 3. The number of ketones is 1. The minimum atomic E-state index is -1.92. The van der Waals surface area contributed by atoms with Crippen LogP contribution < -0.4 is 0 Å². The van der Waals surface area contributed by atoms with Gasteiger partial charge in [-0.3, -0.25) is 14.4 Å². The van der Waals surface area contributed by atoms with E-state index in [-0.39, 0.29) is 13.0 Å². The fourth-order valence-electron chi connectivity index (χ4n) is 7.24. The summed E-state index contributed by atoms with van der Waals surface area (Å²) in [4.78, 5) is 37.2. The molecule has 2 fully saturated rings. The van der Waals surface area contributed by atoms with Crippen LogP contribution in [0.4, 0.5) is 0 Å². The van der Waals surface area contributed by atoms with Crippen molar-refractivity contribution in [3.63, 3.8) is 0 Å². The smallest absolute Gasteiger partial charge is 0.303 e. The van der Waals surface area contributed by atoms with Crippen LogP contribution in [0.2, 0.25) is 0 Å². The van der Waals surface area contributed by atoms with E-state index < -0.39 is 69.7 Å². The Bertz CT molecular complexity index is 963. The lowest BCUT2D eigenvalue weighted by atomic mass is 9.59. The van der Waals surface area contributed by atoms with Gasteiger partial charge in [0.05, 0.1) is 12.2 Å². The first-order valence-electron chi connectivity index (χ1n) is 11.0. The van der Waals surface area contributed by atoms with Crippen LogP contribution in [0.5, 0.6) is 0 Å². The van der Waals surface area contributed by atoms with Gasteiger partial charge in [0, 0.05) is 49.4 Å². The highest BCUT2D eigenvalue weighted by atomic mass is 16.6. The monoisotopic (exact) mass is 448 g/mol. The molecule has 0 aliphatic heterocycles. The molecule has 8 atom stereocenters. The van der Waals surface area contributed by atoms with Crippen molar-refractivity contribution < 1.29 is 39.2 Å². The maximum Gasteiger partial charge on any atom is 0.303 e. The Morgan fingerprint density at radius 1 is 1.16 bits per heavy atom. The molecule has 32 heavy (non-hydrogen) atoms. The highest BCUT2D eigenvalue weighted by Gasteiger charge is 2.87. The van der Waals surface area contributed by atoms with Crippen molar-refractivity contribution in [1.82, 2.24) is 0 Å². The highest BCUT2D eigenvalue weighted by Crippen LogP contribution is 2.77. The minimum Gasteiger partial charge on any atom is -0.458 e. The Balaban J connectivity index is 1.97. The lowest BCUT2D eigenvalue weighted by Gasteiger charge is -2.53. The van der Waals surface area contributed by atoms with Crippen molar-refractivity contribution in [2.75, 3.05) is 6.61 Å². The van der Waals surface area contributed by atoms with Crippen LogP contribution in [-0.4, -0.2) is 62.6 Å². The summed E-state index contributed by atoms with van der Waals surface area (Å²) in [5, 5.41) is 33.9. The van der Waals surface area contributed by atoms with Crippen LogP contribution in [0.3, 0.4) is 0 Å². The van der Waals surface area contributed by atoms with Gasteiger partial charge in [0.1, 0.15) is 11.7 Å². The quantitative estimate of drug-likeness (QED) is 0.432. The zero-order valence-corrected chi connectivity index (χ0v) is 19.3. The first-order valence-corrected chi connectivity index (χ1v) is 11.0. The van der Waals surface area contributed by atoms with E-state index in [9.17, 15) is 29.7 Å². The molecule has 176 valence electrons. The van der Waals surface area contributed by atoms with E-state index in [1.54, 1.807) is 26.0 Å². The summed E-state index contributed by atoms with van der Waals surface area (Å²) in [5.74, 6) is -4.49. The molecule has 0 aromatic rings. The molecule has 3 N–H and O–H groups in total. The summed E-state index contributed by atoms with van der Waals surface area (Å²) in [6, 6.07) is 0. The van der Waals surface area contributed by atoms with Gasteiger partial charge < -0.3 is 24.8 Å². The number of fused-ring (bicyclic) bond motifs is 5.